The third kappa shape index (κ3) is 3.25. The molecule has 2 atom stereocenters. The summed E-state index contributed by atoms with van der Waals surface area (Å²) in [5, 5.41) is 0. The van der Waals surface area contributed by atoms with Crippen LogP contribution in [0.3, 0.4) is 0 Å². The number of carbonyl (C=O) groups excluding carboxylic acids is 1. The van der Waals surface area contributed by atoms with Gasteiger partial charge in [-0.2, -0.15) is 0 Å². The first-order valence-electron chi connectivity index (χ1n) is 8.34. The van der Waals surface area contributed by atoms with Crippen LogP contribution in [-0.4, -0.2) is 36.6 Å². The average Bonchev–Trinajstić information content (AvgIpc) is 2.57. The lowest BCUT2D eigenvalue weighted by molar-refractivity contribution is -0.148. The molecule has 0 saturated carbocycles. The molecule has 0 spiro atoms. The number of rotatable bonds is 6. The van der Waals surface area contributed by atoms with Gasteiger partial charge in [0, 0.05) is 6.04 Å². The van der Waals surface area contributed by atoms with Crippen molar-refractivity contribution >= 4 is 5.97 Å². The molecule has 0 bridgehead atoms. The molecule has 1 aliphatic rings. The van der Waals surface area contributed by atoms with Crippen molar-refractivity contribution in [2.24, 2.45) is 0 Å². The molecule has 0 fully saturated rings. The summed E-state index contributed by atoms with van der Waals surface area (Å²) in [7, 11) is 0. The Balaban J connectivity index is 2.33. The van der Waals surface area contributed by atoms with E-state index in [4.69, 9.17) is 4.74 Å². The van der Waals surface area contributed by atoms with Crippen LogP contribution in [-0.2, 0) is 14.9 Å². The zero-order valence-electron chi connectivity index (χ0n) is 13.9. The van der Waals surface area contributed by atoms with Gasteiger partial charge in [-0.25, -0.2) is 0 Å². The lowest BCUT2D eigenvalue weighted by Crippen LogP contribution is -2.43. The Labute approximate surface area is 134 Å². The van der Waals surface area contributed by atoms with Crippen LogP contribution >= 0.6 is 0 Å². The normalized spacial score (nSPS) is 24.5. The fourth-order valence-corrected chi connectivity index (χ4v) is 3.35. The maximum absolute atomic E-state index is 12.6. The molecule has 3 heteroatoms. The fourth-order valence-electron chi connectivity index (χ4n) is 3.35. The number of likely N-dealkylation sites (N-methyl/N-ethyl adjacent to an activating group) is 1. The Kier molecular flexibility index (Phi) is 5.78. The van der Waals surface area contributed by atoms with E-state index in [1.165, 1.54) is 0 Å². The Morgan fingerprint density at radius 3 is 2.41 bits per heavy atom. The number of esters is 1. The first kappa shape index (κ1) is 16.8. The summed E-state index contributed by atoms with van der Waals surface area (Å²) in [5.74, 6) is -0.129. The van der Waals surface area contributed by atoms with Crippen LogP contribution in [0.2, 0.25) is 0 Å². The third-order valence-electron chi connectivity index (χ3n) is 4.65. The lowest BCUT2D eigenvalue weighted by Gasteiger charge is -2.37. The molecule has 0 saturated heterocycles. The van der Waals surface area contributed by atoms with Crippen LogP contribution in [0.4, 0.5) is 0 Å². The van der Waals surface area contributed by atoms with Gasteiger partial charge in [0.2, 0.25) is 0 Å². The second-order valence-electron chi connectivity index (χ2n) is 5.74. The number of ether oxygens (including phenoxy) is 1. The first-order chi connectivity index (χ1) is 10.7. The highest BCUT2D eigenvalue weighted by Crippen LogP contribution is 2.37. The minimum Gasteiger partial charge on any atom is -0.465 e. The summed E-state index contributed by atoms with van der Waals surface area (Å²) < 4.78 is 5.38. The average molecular weight is 301 g/mol. The van der Waals surface area contributed by atoms with Gasteiger partial charge >= 0.3 is 5.97 Å². The molecule has 1 aromatic rings. The monoisotopic (exact) mass is 301 g/mol. The minimum absolute atomic E-state index is 0.129. The van der Waals surface area contributed by atoms with Gasteiger partial charge in [0.15, 0.2) is 0 Å². The standard InChI is InChI=1S/C19H27NO2/c1-4-20(5-2)17-12-14-19(15-13-17,18(21)22-6-3)16-10-8-7-9-11-16/h7-12,14,17H,4-6,13,15H2,1-3H3. The molecule has 0 radical (unpaired) electrons. The molecule has 0 N–H and O–H groups in total. The number of benzene rings is 1. The number of carbonyl (C=O) groups is 1. The van der Waals surface area contributed by atoms with E-state index in [9.17, 15) is 4.79 Å². The van der Waals surface area contributed by atoms with Crippen LogP contribution < -0.4 is 0 Å². The summed E-state index contributed by atoms with van der Waals surface area (Å²) >= 11 is 0. The van der Waals surface area contributed by atoms with Crippen molar-refractivity contribution in [3.05, 3.63) is 48.0 Å². The van der Waals surface area contributed by atoms with E-state index in [-0.39, 0.29) is 5.97 Å². The molecule has 2 rings (SSSR count). The Morgan fingerprint density at radius 1 is 1.23 bits per heavy atom. The molecular formula is C19H27NO2. The van der Waals surface area contributed by atoms with Crippen LogP contribution in [0, 0.1) is 0 Å². The van der Waals surface area contributed by atoms with E-state index in [0.717, 1.165) is 31.5 Å². The molecule has 0 amide bonds. The summed E-state index contributed by atoms with van der Waals surface area (Å²) in [4.78, 5) is 15.1. The van der Waals surface area contributed by atoms with Crippen molar-refractivity contribution < 1.29 is 9.53 Å². The Bertz CT molecular complexity index is 507. The second kappa shape index (κ2) is 7.59. The van der Waals surface area contributed by atoms with Crippen LogP contribution in [0.25, 0.3) is 0 Å². The quantitative estimate of drug-likeness (QED) is 0.594. The lowest BCUT2D eigenvalue weighted by atomic mass is 9.72. The molecule has 3 nitrogen and oxygen atoms in total. The molecule has 0 aliphatic heterocycles. The SMILES string of the molecule is CCOC(=O)C1(c2ccccc2)C=CC(N(CC)CC)CC1. The van der Waals surface area contributed by atoms with Gasteiger partial charge in [0.05, 0.1) is 6.61 Å². The smallest absolute Gasteiger partial charge is 0.320 e. The zero-order valence-corrected chi connectivity index (χ0v) is 13.9. The van der Waals surface area contributed by atoms with E-state index in [1.807, 2.05) is 37.3 Å². The maximum atomic E-state index is 12.6. The highest BCUT2D eigenvalue weighted by molar-refractivity contribution is 5.86. The van der Waals surface area contributed by atoms with Gasteiger partial charge in [-0.15, -0.1) is 0 Å². The van der Waals surface area contributed by atoms with Gasteiger partial charge in [-0.1, -0.05) is 56.3 Å². The number of nitrogens with zero attached hydrogens (tertiary/aromatic N) is 1. The summed E-state index contributed by atoms with van der Waals surface area (Å²) in [6, 6.07) is 10.4. The van der Waals surface area contributed by atoms with Gasteiger partial charge in [0.25, 0.3) is 0 Å². The van der Waals surface area contributed by atoms with E-state index in [2.05, 4.69) is 30.9 Å². The Morgan fingerprint density at radius 2 is 1.91 bits per heavy atom. The fraction of sp³-hybridized carbons (Fsp3) is 0.526. The van der Waals surface area contributed by atoms with Gasteiger partial charge in [-0.05, 0) is 38.4 Å². The maximum Gasteiger partial charge on any atom is 0.320 e. The molecule has 22 heavy (non-hydrogen) atoms. The predicted molar refractivity (Wildman–Crippen MR) is 89.8 cm³/mol. The van der Waals surface area contributed by atoms with E-state index in [0.29, 0.717) is 12.6 Å². The van der Waals surface area contributed by atoms with Crippen molar-refractivity contribution in [1.82, 2.24) is 4.90 Å². The van der Waals surface area contributed by atoms with Gasteiger partial charge in [-0.3, -0.25) is 9.69 Å². The largest absolute Gasteiger partial charge is 0.465 e. The van der Waals surface area contributed by atoms with Crippen molar-refractivity contribution in [2.45, 2.75) is 45.1 Å². The van der Waals surface area contributed by atoms with E-state index < -0.39 is 5.41 Å². The first-order valence-corrected chi connectivity index (χ1v) is 8.34. The number of hydrogen-bond acceptors (Lipinski definition) is 3. The van der Waals surface area contributed by atoms with E-state index in [1.54, 1.807) is 0 Å². The van der Waals surface area contributed by atoms with Crippen molar-refractivity contribution in [2.75, 3.05) is 19.7 Å². The van der Waals surface area contributed by atoms with Crippen molar-refractivity contribution in [1.29, 1.82) is 0 Å². The number of hydrogen-bond donors (Lipinski definition) is 0. The molecular weight excluding hydrogens is 274 g/mol. The molecule has 0 aromatic heterocycles. The van der Waals surface area contributed by atoms with Gasteiger partial charge < -0.3 is 4.74 Å². The third-order valence-corrected chi connectivity index (χ3v) is 4.65. The summed E-state index contributed by atoms with van der Waals surface area (Å²) in [5.41, 5.74) is 0.406. The molecule has 1 aromatic carbocycles. The zero-order chi connectivity index (χ0) is 16.0. The highest BCUT2D eigenvalue weighted by atomic mass is 16.5. The molecule has 2 unspecified atom stereocenters. The highest BCUT2D eigenvalue weighted by Gasteiger charge is 2.42. The second-order valence-corrected chi connectivity index (χ2v) is 5.74. The van der Waals surface area contributed by atoms with Crippen molar-refractivity contribution in [3.8, 4) is 0 Å². The van der Waals surface area contributed by atoms with Crippen LogP contribution in [0.15, 0.2) is 42.5 Å². The van der Waals surface area contributed by atoms with Gasteiger partial charge in [0.1, 0.15) is 5.41 Å². The minimum atomic E-state index is -0.624. The molecule has 0 heterocycles. The molecule has 120 valence electrons. The molecule has 1 aliphatic carbocycles. The Hall–Kier alpha value is -1.61. The van der Waals surface area contributed by atoms with Crippen molar-refractivity contribution in [3.63, 3.8) is 0 Å². The van der Waals surface area contributed by atoms with E-state index >= 15 is 0 Å². The summed E-state index contributed by atoms with van der Waals surface area (Å²) in [6.45, 7) is 8.71. The summed E-state index contributed by atoms with van der Waals surface area (Å²) in [6.07, 6.45) is 6.05. The predicted octanol–water partition coefficient (Wildman–Crippen LogP) is 3.55. The topological polar surface area (TPSA) is 29.5 Å². The van der Waals surface area contributed by atoms with Crippen LogP contribution in [0.5, 0.6) is 0 Å². The van der Waals surface area contributed by atoms with Crippen LogP contribution in [0.1, 0.15) is 39.2 Å².